The van der Waals surface area contributed by atoms with Crippen molar-refractivity contribution >= 4 is 27.9 Å². The van der Waals surface area contributed by atoms with Gasteiger partial charge in [-0.25, -0.2) is 9.18 Å². The molecule has 0 aromatic heterocycles. The van der Waals surface area contributed by atoms with E-state index in [0.29, 0.717) is 19.0 Å². The van der Waals surface area contributed by atoms with E-state index in [1.165, 1.54) is 4.90 Å². The van der Waals surface area contributed by atoms with Gasteiger partial charge in [0.05, 0.1) is 11.1 Å². The van der Waals surface area contributed by atoms with Gasteiger partial charge in [-0.3, -0.25) is 4.79 Å². The van der Waals surface area contributed by atoms with Crippen molar-refractivity contribution in [1.82, 2.24) is 10.2 Å². The number of likely N-dealkylation sites (tertiary alicyclic amines) is 1. The Labute approximate surface area is 162 Å². The predicted octanol–water partition coefficient (Wildman–Crippen LogP) is 4.35. The summed E-state index contributed by atoms with van der Waals surface area (Å²) in [7, 11) is 0. The minimum absolute atomic E-state index is 0.0903. The Morgan fingerprint density at radius 2 is 1.89 bits per heavy atom. The third-order valence-corrected chi connectivity index (χ3v) is 4.46. The van der Waals surface area contributed by atoms with E-state index in [1.54, 1.807) is 20.8 Å². The minimum Gasteiger partial charge on any atom is -0.444 e. The number of ether oxygens (including phenoxy) is 1. The van der Waals surface area contributed by atoms with Gasteiger partial charge in [0.1, 0.15) is 11.4 Å². The molecule has 2 amide bonds. The van der Waals surface area contributed by atoms with Crippen molar-refractivity contribution < 1.29 is 31.9 Å². The minimum atomic E-state index is -4.92. The van der Waals surface area contributed by atoms with E-state index in [-0.39, 0.29) is 11.0 Å². The molecule has 1 fully saturated rings. The van der Waals surface area contributed by atoms with Crippen LogP contribution < -0.4 is 5.32 Å². The molecule has 1 atom stereocenters. The number of alkyl halides is 3. The first kappa shape index (κ1) is 21.5. The van der Waals surface area contributed by atoms with Crippen LogP contribution >= 0.6 is 15.9 Å². The zero-order valence-electron chi connectivity index (χ0n) is 14.9. The van der Waals surface area contributed by atoms with Gasteiger partial charge in [-0.2, -0.15) is 13.2 Å². The van der Waals surface area contributed by atoms with E-state index in [1.807, 2.05) is 0 Å². The number of nitrogens with one attached hydrogen (secondary N) is 1. The maximum absolute atomic E-state index is 14.2. The van der Waals surface area contributed by atoms with Gasteiger partial charge in [0.15, 0.2) is 0 Å². The number of carbonyl (C=O) groups is 2. The molecular weight excluding hydrogens is 436 g/mol. The molecule has 0 radical (unpaired) electrons. The van der Waals surface area contributed by atoms with Crippen molar-refractivity contribution in [3.8, 4) is 0 Å². The third kappa shape index (κ3) is 5.33. The van der Waals surface area contributed by atoms with Gasteiger partial charge in [0, 0.05) is 23.6 Å². The molecule has 0 bridgehead atoms. The maximum atomic E-state index is 14.2. The Bertz CT molecular complexity index is 747. The molecular formula is C17H19BrF4N2O3. The van der Waals surface area contributed by atoms with Crippen molar-refractivity contribution in [2.24, 2.45) is 0 Å². The van der Waals surface area contributed by atoms with Crippen LogP contribution in [0, 0.1) is 5.82 Å². The average Bonchev–Trinajstić information content (AvgIpc) is 2.92. The van der Waals surface area contributed by atoms with Gasteiger partial charge in [-0.05, 0) is 55.3 Å². The quantitative estimate of drug-likeness (QED) is 0.675. The summed E-state index contributed by atoms with van der Waals surface area (Å²) in [6, 6.07) is 1.02. The molecule has 0 saturated carbocycles. The predicted molar refractivity (Wildman–Crippen MR) is 92.8 cm³/mol. The number of nitrogens with zero attached hydrogens (tertiary/aromatic N) is 1. The maximum Gasteiger partial charge on any atom is 0.419 e. The van der Waals surface area contributed by atoms with E-state index in [4.69, 9.17) is 4.74 Å². The Morgan fingerprint density at radius 1 is 1.26 bits per heavy atom. The van der Waals surface area contributed by atoms with Crippen molar-refractivity contribution in [2.75, 3.05) is 13.1 Å². The van der Waals surface area contributed by atoms with Gasteiger partial charge in [-0.1, -0.05) is 0 Å². The molecule has 0 spiro atoms. The van der Waals surface area contributed by atoms with Crippen LogP contribution in [0.4, 0.5) is 22.4 Å². The molecule has 1 heterocycles. The standard InChI is InChI=1S/C17H19BrF4N2O3/c1-16(2,3)27-15(26)24-7-6-9(8-24)23-14(25)12-11(18)5-4-10(13(12)19)17(20,21)22/h4-5,9H,6-8H2,1-3H3,(H,23,25)/t9-/m0/s1. The van der Waals surface area contributed by atoms with Crippen LogP contribution in [0.5, 0.6) is 0 Å². The second-order valence-corrected chi connectivity index (χ2v) is 8.02. The largest absolute Gasteiger partial charge is 0.444 e. The van der Waals surface area contributed by atoms with E-state index in [9.17, 15) is 27.2 Å². The smallest absolute Gasteiger partial charge is 0.419 e. The van der Waals surface area contributed by atoms with E-state index in [0.717, 1.165) is 6.07 Å². The Kier molecular flexibility index (Phi) is 6.08. The summed E-state index contributed by atoms with van der Waals surface area (Å²) in [5.41, 5.74) is -2.91. The van der Waals surface area contributed by atoms with Crippen molar-refractivity contribution in [2.45, 2.75) is 45.0 Å². The summed E-state index contributed by atoms with van der Waals surface area (Å²) in [4.78, 5) is 25.8. The highest BCUT2D eigenvalue weighted by molar-refractivity contribution is 9.10. The topological polar surface area (TPSA) is 58.6 Å². The molecule has 150 valence electrons. The summed E-state index contributed by atoms with van der Waals surface area (Å²) in [6.07, 6.45) is -5.09. The van der Waals surface area contributed by atoms with Crippen molar-refractivity contribution in [1.29, 1.82) is 0 Å². The molecule has 2 rings (SSSR count). The third-order valence-electron chi connectivity index (χ3n) is 3.80. The Hall–Kier alpha value is -1.84. The molecule has 1 aromatic carbocycles. The molecule has 5 nitrogen and oxygen atoms in total. The summed E-state index contributed by atoms with van der Waals surface area (Å²) in [6.45, 7) is 5.58. The zero-order chi connectivity index (χ0) is 20.6. The number of carbonyl (C=O) groups excluding carboxylic acids is 2. The molecule has 1 aliphatic rings. The number of halogens is 5. The number of hydrogen-bond acceptors (Lipinski definition) is 3. The molecule has 1 saturated heterocycles. The lowest BCUT2D eigenvalue weighted by Gasteiger charge is -2.24. The van der Waals surface area contributed by atoms with Gasteiger partial charge in [0.25, 0.3) is 5.91 Å². The van der Waals surface area contributed by atoms with Crippen LogP contribution in [0.25, 0.3) is 0 Å². The molecule has 0 aliphatic carbocycles. The van der Waals surface area contributed by atoms with Crippen molar-refractivity contribution in [3.05, 3.63) is 33.5 Å². The Morgan fingerprint density at radius 3 is 2.44 bits per heavy atom. The zero-order valence-corrected chi connectivity index (χ0v) is 16.5. The molecule has 1 aromatic rings. The number of benzene rings is 1. The van der Waals surface area contributed by atoms with Gasteiger partial charge < -0.3 is 15.0 Å². The van der Waals surface area contributed by atoms with E-state index in [2.05, 4.69) is 21.2 Å². The summed E-state index contributed by atoms with van der Waals surface area (Å²) in [5, 5.41) is 2.48. The second-order valence-electron chi connectivity index (χ2n) is 7.17. The average molecular weight is 455 g/mol. The monoisotopic (exact) mass is 454 g/mol. The lowest BCUT2D eigenvalue weighted by atomic mass is 10.1. The van der Waals surface area contributed by atoms with Crippen molar-refractivity contribution in [3.63, 3.8) is 0 Å². The number of rotatable bonds is 2. The highest BCUT2D eigenvalue weighted by Gasteiger charge is 2.37. The van der Waals surface area contributed by atoms with Crippen LogP contribution in [0.1, 0.15) is 43.1 Å². The van der Waals surface area contributed by atoms with Crippen LogP contribution in [-0.2, 0) is 10.9 Å². The first-order valence-electron chi connectivity index (χ1n) is 8.13. The first-order valence-corrected chi connectivity index (χ1v) is 8.93. The fourth-order valence-electron chi connectivity index (χ4n) is 2.61. The second kappa shape index (κ2) is 7.65. The normalized spacial score (nSPS) is 17.8. The highest BCUT2D eigenvalue weighted by atomic mass is 79.9. The van der Waals surface area contributed by atoms with Gasteiger partial charge >= 0.3 is 12.3 Å². The van der Waals surface area contributed by atoms with Gasteiger partial charge in [-0.15, -0.1) is 0 Å². The summed E-state index contributed by atoms with van der Waals surface area (Å²) >= 11 is 2.91. The number of hydrogen-bond donors (Lipinski definition) is 1. The van der Waals surface area contributed by atoms with Gasteiger partial charge in [0.2, 0.25) is 0 Å². The highest BCUT2D eigenvalue weighted by Crippen LogP contribution is 2.35. The van der Waals surface area contributed by atoms with E-state index >= 15 is 0 Å². The van der Waals surface area contributed by atoms with Crippen LogP contribution in [0.15, 0.2) is 16.6 Å². The first-order chi connectivity index (χ1) is 12.3. The molecule has 27 heavy (non-hydrogen) atoms. The molecule has 0 unspecified atom stereocenters. The lowest BCUT2D eigenvalue weighted by Crippen LogP contribution is -2.40. The fourth-order valence-corrected chi connectivity index (χ4v) is 3.09. The molecule has 10 heteroatoms. The SMILES string of the molecule is CC(C)(C)OC(=O)N1CC[C@H](NC(=O)c2c(Br)ccc(C(F)(F)F)c2F)C1. The van der Waals surface area contributed by atoms with E-state index < -0.39 is 46.8 Å². The van der Waals surface area contributed by atoms with Crippen LogP contribution in [-0.4, -0.2) is 41.6 Å². The summed E-state index contributed by atoms with van der Waals surface area (Å²) < 4.78 is 58.0. The molecule has 1 N–H and O–H groups in total. The van der Waals surface area contributed by atoms with Crippen LogP contribution in [0.3, 0.4) is 0 Å². The Balaban J connectivity index is 2.10. The van der Waals surface area contributed by atoms with Crippen LogP contribution in [0.2, 0.25) is 0 Å². The lowest BCUT2D eigenvalue weighted by molar-refractivity contribution is -0.140. The molecule has 1 aliphatic heterocycles. The number of amides is 2. The summed E-state index contributed by atoms with van der Waals surface area (Å²) in [5.74, 6) is -2.63. The fraction of sp³-hybridized carbons (Fsp3) is 0.529.